The quantitative estimate of drug-likeness (QED) is 0.610. The molecule has 8 heteroatoms. The first-order valence-corrected chi connectivity index (χ1v) is 10.2. The van der Waals surface area contributed by atoms with E-state index >= 15 is 0 Å². The van der Waals surface area contributed by atoms with Crippen molar-refractivity contribution in [3.8, 4) is 5.75 Å². The number of aliphatic hydroxyl groups is 1. The second-order valence-corrected chi connectivity index (χ2v) is 9.33. The summed E-state index contributed by atoms with van der Waals surface area (Å²) in [5.74, 6) is -0.959. The summed E-state index contributed by atoms with van der Waals surface area (Å²) in [7, 11) is -4.01. The monoisotopic (exact) mass is 400 g/mol. The number of nitrogens with one attached hydrogen (secondary N) is 1. The lowest BCUT2D eigenvalue weighted by molar-refractivity contribution is 0.0735. The number of benzene rings is 2. The minimum Gasteiger partial charge on any atom is -0.493 e. The van der Waals surface area contributed by atoms with E-state index in [1.54, 1.807) is 42.5 Å². The molecule has 2 N–H and O–H groups in total. The number of fused-ring (bicyclic) bond motifs is 1. The van der Waals surface area contributed by atoms with Gasteiger partial charge in [-0.25, -0.2) is 13.8 Å². The van der Waals surface area contributed by atoms with Gasteiger partial charge in [0.1, 0.15) is 5.69 Å². The van der Waals surface area contributed by atoms with E-state index in [4.69, 9.17) is 4.74 Å². The molecular weight excluding hydrogens is 380 g/mol. The van der Waals surface area contributed by atoms with Crippen molar-refractivity contribution < 1.29 is 23.1 Å². The Morgan fingerprint density at radius 1 is 1.14 bits per heavy atom. The molecule has 0 saturated heterocycles. The predicted molar refractivity (Wildman–Crippen MR) is 104 cm³/mol. The molecule has 0 bridgehead atoms. The molecule has 0 fully saturated rings. The number of hydrogen-bond donors (Lipinski definition) is 2. The van der Waals surface area contributed by atoms with Crippen molar-refractivity contribution in [2.24, 2.45) is 5.41 Å². The molecule has 1 aliphatic carbocycles. The molecule has 28 heavy (non-hydrogen) atoms. The van der Waals surface area contributed by atoms with E-state index < -0.39 is 22.1 Å². The summed E-state index contributed by atoms with van der Waals surface area (Å²) in [4.78, 5) is 12.6. The van der Waals surface area contributed by atoms with Gasteiger partial charge in [0.25, 0.3) is 0 Å². The van der Waals surface area contributed by atoms with Crippen LogP contribution in [0.1, 0.15) is 35.3 Å². The van der Waals surface area contributed by atoms with Crippen LogP contribution in [0.25, 0.3) is 0 Å². The van der Waals surface area contributed by atoms with Gasteiger partial charge in [0.05, 0.1) is 11.8 Å². The zero-order chi connectivity index (χ0) is 20.1. The molecule has 0 aromatic heterocycles. The number of ether oxygens (including phenoxy) is 1. The Morgan fingerprint density at radius 2 is 1.79 bits per heavy atom. The average Bonchev–Trinajstić information content (AvgIpc) is 3.06. The molecule has 0 amide bonds. The molecule has 2 aromatic rings. The number of carbonyl (C=O) groups is 1. The lowest BCUT2D eigenvalue weighted by Crippen LogP contribution is -2.30. The number of rotatable bonds is 3. The topological polar surface area (TPSA) is 95.9 Å². The van der Waals surface area contributed by atoms with Crippen LogP contribution in [0.2, 0.25) is 0 Å². The van der Waals surface area contributed by atoms with Crippen molar-refractivity contribution >= 4 is 21.9 Å². The fraction of sp³-hybridized carbons (Fsp3) is 0.250. The molecule has 2 aromatic carbocycles. The molecule has 0 atom stereocenters. The molecule has 2 aliphatic rings. The van der Waals surface area contributed by atoms with Gasteiger partial charge >= 0.3 is 16.2 Å². The summed E-state index contributed by atoms with van der Waals surface area (Å²) in [5, 5.41) is 9.65. The fourth-order valence-corrected chi connectivity index (χ4v) is 4.71. The minimum atomic E-state index is -4.01. The van der Waals surface area contributed by atoms with E-state index in [-0.39, 0.29) is 16.9 Å². The second-order valence-electron chi connectivity index (χ2n) is 7.78. The van der Waals surface area contributed by atoms with Crippen LogP contribution in [-0.2, 0) is 23.1 Å². The van der Waals surface area contributed by atoms with Crippen LogP contribution in [0, 0.1) is 5.41 Å². The van der Waals surface area contributed by atoms with Gasteiger partial charge in [-0.2, -0.15) is 8.42 Å². The van der Waals surface area contributed by atoms with Crippen molar-refractivity contribution in [3.63, 3.8) is 0 Å². The standard InChI is InChI=1S/C20H20N2O5S/c1-20(2)10-14-8-16(22-12-18(23)21-28(22,25)26)17(9-15(14)11-20)27-19(24)13-6-4-3-5-7-13/h3-9,12,21,23H,10-11H2,1-2H3. The predicted octanol–water partition coefficient (Wildman–Crippen LogP) is 3.04. The first-order chi connectivity index (χ1) is 13.1. The third-order valence-electron chi connectivity index (χ3n) is 4.80. The Bertz CT molecular complexity index is 1090. The number of esters is 1. The summed E-state index contributed by atoms with van der Waals surface area (Å²) < 4.78 is 33.2. The highest BCUT2D eigenvalue weighted by Gasteiger charge is 2.35. The van der Waals surface area contributed by atoms with E-state index in [1.165, 1.54) is 0 Å². The molecule has 0 saturated carbocycles. The van der Waals surface area contributed by atoms with Gasteiger partial charge in [0.15, 0.2) is 5.75 Å². The zero-order valence-corrected chi connectivity index (χ0v) is 16.3. The van der Waals surface area contributed by atoms with Crippen LogP contribution in [0.3, 0.4) is 0 Å². The maximum atomic E-state index is 12.6. The number of nitrogens with zero attached hydrogens (tertiary/aromatic N) is 1. The van der Waals surface area contributed by atoms with E-state index in [0.29, 0.717) is 5.56 Å². The van der Waals surface area contributed by atoms with Crippen LogP contribution >= 0.6 is 0 Å². The number of anilines is 1. The van der Waals surface area contributed by atoms with Gasteiger partial charge in [0.2, 0.25) is 5.88 Å². The Morgan fingerprint density at radius 3 is 2.39 bits per heavy atom. The van der Waals surface area contributed by atoms with Crippen LogP contribution in [0.4, 0.5) is 5.69 Å². The third kappa shape index (κ3) is 3.31. The Labute approximate surface area is 163 Å². The zero-order valence-electron chi connectivity index (χ0n) is 15.5. The van der Waals surface area contributed by atoms with Crippen molar-refractivity contribution in [1.82, 2.24) is 4.72 Å². The maximum Gasteiger partial charge on any atom is 0.343 e. The SMILES string of the molecule is CC1(C)Cc2cc(OC(=O)c3ccccc3)c(N3C=C(O)NS3(=O)=O)cc2C1. The van der Waals surface area contributed by atoms with E-state index in [0.717, 1.165) is 34.5 Å². The van der Waals surface area contributed by atoms with Gasteiger partial charge < -0.3 is 9.84 Å². The van der Waals surface area contributed by atoms with Crippen molar-refractivity contribution in [3.05, 3.63) is 71.2 Å². The van der Waals surface area contributed by atoms with Crippen LogP contribution < -0.4 is 13.8 Å². The smallest absolute Gasteiger partial charge is 0.343 e. The molecule has 0 radical (unpaired) electrons. The van der Waals surface area contributed by atoms with E-state index in [2.05, 4.69) is 13.8 Å². The largest absolute Gasteiger partial charge is 0.493 e. The van der Waals surface area contributed by atoms with Crippen molar-refractivity contribution in [2.75, 3.05) is 4.31 Å². The number of hydrogen-bond acceptors (Lipinski definition) is 5. The highest BCUT2D eigenvalue weighted by Crippen LogP contribution is 2.43. The van der Waals surface area contributed by atoms with Crippen molar-refractivity contribution in [1.29, 1.82) is 0 Å². The summed E-state index contributed by atoms with van der Waals surface area (Å²) in [5.41, 5.74) is 2.58. The lowest BCUT2D eigenvalue weighted by Gasteiger charge is -2.19. The van der Waals surface area contributed by atoms with Gasteiger partial charge in [-0.1, -0.05) is 32.0 Å². The lowest BCUT2D eigenvalue weighted by atomic mass is 9.90. The molecule has 7 nitrogen and oxygen atoms in total. The Balaban J connectivity index is 1.80. The van der Waals surface area contributed by atoms with Gasteiger partial charge in [0, 0.05) is 0 Å². The molecule has 146 valence electrons. The Kier molecular flexibility index (Phi) is 4.11. The fourth-order valence-electron chi connectivity index (χ4n) is 3.65. The molecular formula is C20H20N2O5S. The van der Waals surface area contributed by atoms with Crippen molar-refractivity contribution in [2.45, 2.75) is 26.7 Å². The molecule has 1 aliphatic heterocycles. The Hall–Kier alpha value is -3.00. The molecule has 4 rings (SSSR count). The second kappa shape index (κ2) is 6.27. The van der Waals surface area contributed by atoms with E-state index in [9.17, 15) is 18.3 Å². The third-order valence-corrected chi connectivity index (χ3v) is 6.09. The highest BCUT2D eigenvalue weighted by atomic mass is 32.2. The number of carbonyl (C=O) groups excluding carboxylic acids is 1. The maximum absolute atomic E-state index is 12.6. The summed E-state index contributed by atoms with van der Waals surface area (Å²) in [6.45, 7) is 4.25. The normalized spacial score (nSPS) is 18.9. The number of aliphatic hydroxyl groups excluding tert-OH is 1. The summed E-state index contributed by atoms with van der Waals surface area (Å²) in [6.07, 6.45) is 2.63. The first-order valence-electron chi connectivity index (χ1n) is 8.81. The van der Waals surface area contributed by atoms with E-state index in [1.807, 2.05) is 4.72 Å². The van der Waals surface area contributed by atoms with Crippen LogP contribution in [0.5, 0.6) is 5.75 Å². The van der Waals surface area contributed by atoms with Gasteiger partial charge in [-0.05, 0) is 53.6 Å². The summed E-state index contributed by atoms with van der Waals surface area (Å²) in [6, 6.07) is 11.9. The van der Waals surface area contributed by atoms with Crippen LogP contribution in [0.15, 0.2) is 54.5 Å². The summed E-state index contributed by atoms with van der Waals surface area (Å²) >= 11 is 0. The molecule has 0 unspecified atom stereocenters. The molecule has 1 heterocycles. The first kappa shape index (κ1) is 18.4. The minimum absolute atomic E-state index is 0.0295. The average molecular weight is 400 g/mol. The van der Waals surface area contributed by atoms with Crippen LogP contribution in [-0.4, -0.2) is 19.5 Å². The highest BCUT2D eigenvalue weighted by molar-refractivity contribution is 7.91. The van der Waals surface area contributed by atoms with Gasteiger partial charge in [-0.3, -0.25) is 0 Å². The molecule has 0 spiro atoms. The van der Waals surface area contributed by atoms with Gasteiger partial charge in [-0.15, -0.1) is 0 Å².